The molecule has 1 aromatic carbocycles. The fourth-order valence-electron chi connectivity index (χ4n) is 3.90. The van der Waals surface area contributed by atoms with Gasteiger partial charge < -0.3 is 15.4 Å². The number of nitrogens with zero attached hydrogens (tertiary/aromatic N) is 4. The molecule has 9 nitrogen and oxygen atoms in total. The first-order valence-corrected chi connectivity index (χ1v) is 11.4. The van der Waals surface area contributed by atoms with Crippen molar-refractivity contribution in [2.75, 3.05) is 36.9 Å². The van der Waals surface area contributed by atoms with Gasteiger partial charge in [0.25, 0.3) is 0 Å². The number of hydrogen-bond acceptors (Lipinski definition) is 8. The Balaban J connectivity index is 1.31. The SMILES string of the molecule is CCOC(=O)C1CCN(CC(=O)Nc2cccc(Nc3nccc(-c4ccncc4)n3)c2)CC1. The topological polar surface area (TPSA) is 109 Å². The molecule has 0 atom stereocenters. The van der Waals surface area contributed by atoms with Gasteiger partial charge in [0.2, 0.25) is 11.9 Å². The summed E-state index contributed by atoms with van der Waals surface area (Å²) in [5.41, 5.74) is 3.19. The van der Waals surface area contributed by atoms with Crippen molar-refractivity contribution in [3.63, 3.8) is 0 Å². The maximum atomic E-state index is 12.6. The number of carbonyl (C=O) groups is 2. The number of hydrogen-bond donors (Lipinski definition) is 2. The zero-order valence-corrected chi connectivity index (χ0v) is 19.1. The summed E-state index contributed by atoms with van der Waals surface area (Å²) in [6, 6.07) is 13.0. The standard InChI is InChI=1S/C25H28N6O3/c1-2-34-24(33)19-9-14-31(15-10-19)17-23(32)28-20-4-3-5-21(16-20)29-25-27-13-8-22(30-25)18-6-11-26-12-7-18/h3-8,11-13,16,19H,2,9-10,14-15,17H2,1H3,(H,28,32)(H,27,29,30). The van der Waals surface area contributed by atoms with Crippen molar-refractivity contribution in [3.05, 3.63) is 61.1 Å². The lowest BCUT2D eigenvalue weighted by atomic mass is 9.97. The van der Waals surface area contributed by atoms with Crippen LogP contribution in [0.15, 0.2) is 61.1 Å². The van der Waals surface area contributed by atoms with Gasteiger partial charge in [0.15, 0.2) is 0 Å². The molecule has 34 heavy (non-hydrogen) atoms. The zero-order chi connectivity index (χ0) is 23.8. The van der Waals surface area contributed by atoms with Crippen LogP contribution in [-0.2, 0) is 14.3 Å². The van der Waals surface area contributed by atoms with Crippen molar-refractivity contribution in [1.82, 2.24) is 19.9 Å². The number of anilines is 3. The van der Waals surface area contributed by atoms with E-state index in [-0.39, 0.29) is 24.3 Å². The van der Waals surface area contributed by atoms with Gasteiger partial charge >= 0.3 is 5.97 Å². The number of rotatable bonds is 8. The Kier molecular flexibility index (Phi) is 7.77. The Morgan fingerprint density at radius 3 is 2.59 bits per heavy atom. The van der Waals surface area contributed by atoms with E-state index < -0.39 is 0 Å². The molecule has 3 heterocycles. The summed E-state index contributed by atoms with van der Waals surface area (Å²) in [6.07, 6.45) is 6.56. The lowest BCUT2D eigenvalue weighted by Gasteiger charge is -2.30. The number of pyridine rings is 1. The van der Waals surface area contributed by atoms with Crippen LogP contribution in [0.2, 0.25) is 0 Å². The molecule has 0 spiro atoms. The molecule has 176 valence electrons. The minimum absolute atomic E-state index is 0.0682. The van der Waals surface area contributed by atoms with Crippen LogP contribution in [0.5, 0.6) is 0 Å². The van der Waals surface area contributed by atoms with Crippen LogP contribution in [0.1, 0.15) is 19.8 Å². The lowest BCUT2D eigenvalue weighted by molar-refractivity contribution is -0.149. The summed E-state index contributed by atoms with van der Waals surface area (Å²) in [7, 11) is 0. The monoisotopic (exact) mass is 460 g/mol. The molecule has 3 aromatic rings. The second kappa shape index (κ2) is 11.3. The first-order chi connectivity index (χ1) is 16.6. The predicted molar refractivity (Wildman–Crippen MR) is 129 cm³/mol. The molecule has 2 aromatic heterocycles. The van der Waals surface area contributed by atoms with Gasteiger partial charge in [-0.3, -0.25) is 19.5 Å². The maximum absolute atomic E-state index is 12.6. The van der Waals surface area contributed by atoms with Crippen molar-refractivity contribution >= 4 is 29.2 Å². The van der Waals surface area contributed by atoms with E-state index in [2.05, 4.69) is 30.5 Å². The molecule has 1 amide bonds. The average Bonchev–Trinajstić information content (AvgIpc) is 2.85. The molecular formula is C25H28N6O3. The van der Waals surface area contributed by atoms with Crippen molar-refractivity contribution in [3.8, 4) is 11.3 Å². The number of aromatic nitrogens is 3. The van der Waals surface area contributed by atoms with Crippen LogP contribution in [0.3, 0.4) is 0 Å². The molecule has 0 saturated carbocycles. The fourth-order valence-corrected chi connectivity index (χ4v) is 3.90. The largest absolute Gasteiger partial charge is 0.466 e. The molecular weight excluding hydrogens is 432 g/mol. The number of benzene rings is 1. The number of carbonyl (C=O) groups excluding carboxylic acids is 2. The summed E-state index contributed by atoms with van der Waals surface area (Å²) < 4.78 is 5.11. The highest BCUT2D eigenvalue weighted by molar-refractivity contribution is 5.92. The first-order valence-electron chi connectivity index (χ1n) is 11.4. The average molecular weight is 461 g/mol. The molecule has 1 aliphatic rings. The minimum atomic E-state index is -0.133. The van der Waals surface area contributed by atoms with Gasteiger partial charge in [-0.2, -0.15) is 0 Å². The number of nitrogens with one attached hydrogen (secondary N) is 2. The quantitative estimate of drug-likeness (QED) is 0.492. The predicted octanol–water partition coefficient (Wildman–Crippen LogP) is 3.50. The van der Waals surface area contributed by atoms with Crippen LogP contribution >= 0.6 is 0 Å². The molecule has 1 fully saturated rings. The molecule has 4 rings (SSSR count). The smallest absolute Gasteiger partial charge is 0.309 e. The highest BCUT2D eigenvalue weighted by Gasteiger charge is 2.26. The van der Waals surface area contributed by atoms with Crippen LogP contribution in [-0.4, -0.2) is 58.0 Å². The van der Waals surface area contributed by atoms with E-state index >= 15 is 0 Å². The third-order valence-electron chi connectivity index (χ3n) is 5.61. The summed E-state index contributed by atoms with van der Waals surface area (Å²) in [5.74, 6) is 0.164. The Morgan fingerprint density at radius 2 is 1.82 bits per heavy atom. The fraction of sp³-hybridized carbons (Fsp3) is 0.320. The third kappa shape index (κ3) is 6.35. The van der Waals surface area contributed by atoms with Gasteiger partial charge in [0.1, 0.15) is 0 Å². The van der Waals surface area contributed by atoms with Gasteiger partial charge in [-0.25, -0.2) is 9.97 Å². The van der Waals surface area contributed by atoms with Crippen LogP contribution in [0, 0.1) is 5.92 Å². The highest BCUT2D eigenvalue weighted by Crippen LogP contribution is 2.22. The number of piperidine rings is 1. The number of ether oxygens (including phenoxy) is 1. The van der Waals surface area contributed by atoms with Gasteiger partial charge in [0, 0.05) is 35.5 Å². The van der Waals surface area contributed by atoms with E-state index in [9.17, 15) is 9.59 Å². The van der Waals surface area contributed by atoms with Gasteiger partial charge in [-0.15, -0.1) is 0 Å². The second-order valence-electron chi connectivity index (χ2n) is 8.06. The van der Waals surface area contributed by atoms with Gasteiger partial charge in [0.05, 0.1) is 24.8 Å². The third-order valence-corrected chi connectivity index (χ3v) is 5.61. The van der Waals surface area contributed by atoms with Crippen LogP contribution in [0.25, 0.3) is 11.3 Å². The Bertz CT molecular complexity index is 1120. The summed E-state index contributed by atoms with van der Waals surface area (Å²) in [4.78, 5) is 39.4. The zero-order valence-electron chi connectivity index (χ0n) is 19.1. The summed E-state index contributed by atoms with van der Waals surface area (Å²) in [6.45, 7) is 3.89. The van der Waals surface area contributed by atoms with Crippen LogP contribution in [0.4, 0.5) is 17.3 Å². The molecule has 0 aliphatic carbocycles. The lowest BCUT2D eigenvalue weighted by Crippen LogP contribution is -2.41. The van der Waals surface area contributed by atoms with Crippen LogP contribution < -0.4 is 10.6 Å². The molecule has 0 unspecified atom stereocenters. The van der Waals surface area contributed by atoms with Crippen molar-refractivity contribution in [2.24, 2.45) is 5.92 Å². The van der Waals surface area contributed by atoms with E-state index in [4.69, 9.17) is 4.74 Å². The molecule has 0 radical (unpaired) electrons. The van der Waals surface area contributed by atoms with E-state index in [1.54, 1.807) is 18.6 Å². The summed E-state index contributed by atoms with van der Waals surface area (Å²) in [5, 5.41) is 6.14. The molecule has 0 bridgehead atoms. The van der Waals surface area contributed by atoms with Crippen molar-refractivity contribution < 1.29 is 14.3 Å². The molecule has 1 aliphatic heterocycles. The van der Waals surface area contributed by atoms with E-state index in [1.807, 2.05) is 49.4 Å². The number of amides is 1. The minimum Gasteiger partial charge on any atom is -0.466 e. The molecule has 2 N–H and O–H groups in total. The van der Waals surface area contributed by atoms with Crippen molar-refractivity contribution in [1.29, 1.82) is 0 Å². The maximum Gasteiger partial charge on any atom is 0.309 e. The Morgan fingerprint density at radius 1 is 1.06 bits per heavy atom. The second-order valence-corrected chi connectivity index (χ2v) is 8.06. The van der Waals surface area contributed by atoms with Gasteiger partial charge in [-0.05, 0) is 69.3 Å². The van der Waals surface area contributed by atoms with E-state index in [1.165, 1.54) is 0 Å². The number of esters is 1. The van der Waals surface area contributed by atoms with Crippen molar-refractivity contribution in [2.45, 2.75) is 19.8 Å². The van der Waals surface area contributed by atoms with E-state index in [0.29, 0.717) is 44.2 Å². The highest BCUT2D eigenvalue weighted by atomic mass is 16.5. The summed E-state index contributed by atoms with van der Waals surface area (Å²) >= 11 is 0. The first kappa shape index (κ1) is 23.3. The number of likely N-dealkylation sites (tertiary alicyclic amines) is 1. The normalized spacial score (nSPS) is 14.4. The molecule has 9 heteroatoms. The molecule has 1 saturated heterocycles. The Labute approximate surface area is 198 Å². The van der Waals surface area contributed by atoms with E-state index in [0.717, 1.165) is 16.9 Å². The van der Waals surface area contributed by atoms with Gasteiger partial charge in [-0.1, -0.05) is 6.07 Å². The Hall–Kier alpha value is -3.85.